The summed E-state index contributed by atoms with van der Waals surface area (Å²) >= 11 is 8.83. The highest BCUT2D eigenvalue weighted by atomic mass is 79.9. The lowest BCUT2D eigenvalue weighted by Gasteiger charge is -2.14. The first-order valence-electron chi connectivity index (χ1n) is 5.69. The molecule has 0 bridgehead atoms. The molecule has 1 atom stereocenters. The van der Waals surface area contributed by atoms with Gasteiger partial charge in [0.15, 0.2) is 0 Å². The molecular formula is C12H16BrClFNO3. The summed E-state index contributed by atoms with van der Waals surface area (Å²) < 4.78 is 24.0. The molecule has 0 fully saturated rings. The van der Waals surface area contributed by atoms with Crippen molar-refractivity contribution in [2.45, 2.75) is 6.10 Å². The largest absolute Gasteiger partial charge is 0.490 e. The Morgan fingerprint density at radius 1 is 1.53 bits per heavy atom. The van der Waals surface area contributed by atoms with E-state index in [-0.39, 0.29) is 11.6 Å². The molecule has 108 valence electrons. The normalized spacial score (nSPS) is 12.5. The van der Waals surface area contributed by atoms with Crippen molar-refractivity contribution >= 4 is 27.5 Å². The van der Waals surface area contributed by atoms with Crippen molar-refractivity contribution in [3.8, 4) is 5.75 Å². The maximum atomic E-state index is 13.2. The van der Waals surface area contributed by atoms with Crippen LogP contribution >= 0.6 is 27.5 Å². The van der Waals surface area contributed by atoms with Crippen LogP contribution in [-0.4, -0.2) is 44.6 Å². The van der Waals surface area contributed by atoms with Crippen molar-refractivity contribution in [1.82, 2.24) is 5.32 Å². The highest BCUT2D eigenvalue weighted by molar-refractivity contribution is 9.10. The molecule has 7 heteroatoms. The standard InChI is InChI=1S/C12H16BrClFNO3/c1-18-3-2-16-6-8(17)7-19-12-5-11(15)10(14)4-9(12)13/h4-5,8,16-17H,2-3,6-7H2,1H3. The average molecular weight is 357 g/mol. The van der Waals surface area contributed by atoms with E-state index >= 15 is 0 Å². The van der Waals surface area contributed by atoms with Crippen LogP contribution in [0.15, 0.2) is 16.6 Å². The zero-order valence-corrected chi connectivity index (χ0v) is 12.8. The predicted molar refractivity (Wildman–Crippen MR) is 75.4 cm³/mol. The number of aliphatic hydroxyl groups excluding tert-OH is 1. The Labute approximate surface area is 125 Å². The van der Waals surface area contributed by atoms with Gasteiger partial charge in [-0.2, -0.15) is 0 Å². The number of aliphatic hydroxyl groups is 1. The van der Waals surface area contributed by atoms with Crippen molar-refractivity contribution in [3.05, 3.63) is 27.4 Å². The van der Waals surface area contributed by atoms with Crippen molar-refractivity contribution in [1.29, 1.82) is 0 Å². The van der Waals surface area contributed by atoms with Crippen LogP contribution in [-0.2, 0) is 4.74 Å². The molecule has 0 radical (unpaired) electrons. The number of rotatable bonds is 8. The van der Waals surface area contributed by atoms with Crippen molar-refractivity contribution < 1.29 is 19.0 Å². The van der Waals surface area contributed by atoms with E-state index in [9.17, 15) is 9.50 Å². The van der Waals surface area contributed by atoms with E-state index < -0.39 is 11.9 Å². The van der Waals surface area contributed by atoms with Gasteiger partial charge in [0.25, 0.3) is 0 Å². The Morgan fingerprint density at radius 3 is 2.95 bits per heavy atom. The number of hydrogen-bond acceptors (Lipinski definition) is 4. The van der Waals surface area contributed by atoms with Gasteiger partial charge in [0.2, 0.25) is 0 Å². The SMILES string of the molecule is COCCNCC(O)COc1cc(F)c(Cl)cc1Br. The third kappa shape index (κ3) is 6.05. The van der Waals surface area contributed by atoms with E-state index in [1.165, 1.54) is 12.1 Å². The maximum Gasteiger partial charge on any atom is 0.145 e. The molecule has 19 heavy (non-hydrogen) atoms. The maximum absolute atomic E-state index is 13.2. The number of benzene rings is 1. The minimum absolute atomic E-state index is 0.0148. The summed E-state index contributed by atoms with van der Waals surface area (Å²) in [5.74, 6) is -0.259. The summed E-state index contributed by atoms with van der Waals surface area (Å²) in [7, 11) is 1.60. The topological polar surface area (TPSA) is 50.7 Å². The third-order valence-electron chi connectivity index (χ3n) is 2.27. The first-order valence-corrected chi connectivity index (χ1v) is 6.86. The molecule has 4 nitrogen and oxygen atoms in total. The second-order valence-corrected chi connectivity index (χ2v) is 5.12. The molecule has 1 aromatic carbocycles. The van der Waals surface area contributed by atoms with Crippen LogP contribution in [0.5, 0.6) is 5.75 Å². The van der Waals surface area contributed by atoms with Crippen LogP contribution in [0.4, 0.5) is 4.39 Å². The van der Waals surface area contributed by atoms with Gasteiger partial charge in [-0.05, 0) is 22.0 Å². The van der Waals surface area contributed by atoms with Gasteiger partial charge < -0.3 is 19.9 Å². The van der Waals surface area contributed by atoms with E-state index in [0.717, 1.165) is 0 Å². The Kier molecular flexibility index (Phi) is 7.63. The fourth-order valence-electron chi connectivity index (χ4n) is 1.30. The van der Waals surface area contributed by atoms with Crippen LogP contribution in [0.25, 0.3) is 0 Å². The van der Waals surface area contributed by atoms with Gasteiger partial charge in [-0.15, -0.1) is 0 Å². The monoisotopic (exact) mass is 355 g/mol. The van der Waals surface area contributed by atoms with Crippen LogP contribution in [0.2, 0.25) is 5.02 Å². The molecule has 0 saturated carbocycles. The highest BCUT2D eigenvalue weighted by Gasteiger charge is 2.10. The Bertz CT molecular complexity index is 409. The molecule has 0 heterocycles. The van der Waals surface area contributed by atoms with E-state index in [0.29, 0.717) is 29.9 Å². The average Bonchev–Trinajstić information content (AvgIpc) is 2.37. The molecule has 2 N–H and O–H groups in total. The summed E-state index contributed by atoms with van der Waals surface area (Å²) in [6.45, 7) is 1.64. The summed E-state index contributed by atoms with van der Waals surface area (Å²) in [5, 5.41) is 12.7. The molecular weight excluding hydrogens is 340 g/mol. The summed E-state index contributed by atoms with van der Waals surface area (Å²) in [5.41, 5.74) is 0. The van der Waals surface area contributed by atoms with Gasteiger partial charge >= 0.3 is 0 Å². The van der Waals surface area contributed by atoms with Crippen molar-refractivity contribution in [3.63, 3.8) is 0 Å². The smallest absolute Gasteiger partial charge is 0.145 e. The Morgan fingerprint density at radius 2 is 2.26 bits per heavy atom. The molecule has 1 rings (SSSR count). The van der Waals surface area contributed by atoms with Crippen molar-refractivity contribution in [2.75, 3.05) is 33.4 Å². The highest BCUT2D eigenvalue weighted by Crippen LogP contribution is 2.30. The van der Waals surface area contributed by atoms with E-state index in [2.05, 4.69) is 21.2 Å². The van der Waals surface area contributed by atoms with Gasteiger partial charge in [-0.1, -0.05) is 11.6 Å². The first-order chi connectivity index (χ1) is 9.04. The van der Waals surface area contributed by atoms with Crippen LogP contribution < -0.4 is 10.1 Å². The molecule has 0 aliphatic heterocycles. The van der Waals surface area contributed by atoms with Crippen molar-refractivity contribution in [2.24, 2.45) is 0 Å². The summed E-state index contributed by atoms with van der Waals surface area (Å²) in [6.07, 6.45) is -0.692. The third-order valence-corrected chi connectivity index (χ3v) is 3.18. The minimum Gasteiger partial charge on any atom is -0.490 e. The molecule has 1 aromatic rings. The second-order valence-electron chi connectivity index (χ2n) is 3.86. The van der Waals surface area contributed by atoms with Gasteiger partial charge in [0, 0.05) is 26.3 Å². The number of halogens is 3. The predicted octanol–water partition coefficient (Wildman–Crippen LogP) is 2.22. The quantitative estimate of drug-likeness (QED) is 0.554. The van der Waals surface area contributed by atoms with E-state index in [1.54, 1.807) is 7.11 Å². The number of nitrogens with one attached hydrogen (secondary N) is 1. The molecule has 0 saturated heterocycles. The minimum atomic E-state index is -0.692. The van der Waals surface area contributed by atoms with E-state index in [1.807, 2.05) is 0 Å². The lowest BCUT2D eigenvalue weighted by molar-refractivity contribution is 0.103. The second kappa shape index (κ2) is 8.71. The molecule has 1 unspecified atom stereocenters. The number of hydrogen-bond donors (Lipinski definition) is 2. The van der Waals surface area contributed by atoms with Gasteiger partial charge in [-0.25, -0.2) is 4.39 Å². The fourth-order valence-corrected chi connectivity index (χ4v) is 2.06. The zero-order chi connectivity index (χ0) is 14.3. The Hall–Kier alpha value is -0.400. The number of methoxy groups -OCH3 is 1. The Balaban J connectivity index is 2.37. The first kappa shape index (κ1) is 16.7. The van der Waals surface area contributed by atoms with Crippen LogP contribution in [0.3, 0.4) is 0 Å². The zero-order valence-electron chi connectivity index (χ0n) is 10.5. The van der Waals surface area contributed by atoms with Gasteiger partial charge in [0.05, 0.1) is 16.1 Å². The summed E-state index contributed by atoms with van der Waals surface area (Å²) in [6, 6.07) is 2.59. The molecule has 0 aromatic heterocycles. The summed E-state index contributed by atoms with van der Waals surface area (Å²) in [4.78, 5) is 0. The van der Waals surface area contributed by atoms with Gasteiger partial charge in [0.1, 0.15) is 24.3 Å². The van der Waals surface area contributed by atoms with E-state index in [4.69, 9.17) is 21.1 Å². The lowest BCUT2D eigenvalue weighted by atomic mass is 10.3. The molecule has 0 spiro atoms. The number of ether oxygens (including phenoxy) is 2. The molecule has 0 aliphatic rings. The lowest BCUT2D eigenvalue weighted by Crippen LogP contribution is -2.33. The van der Waals surface area contributed by atoms with Crippen LogP contribution in [0.1, 0.15) is 0 Å². The molecule has 0 amide bonds. The van der Waals surface area contributed by atoms with Crippen LogP contribution in [0, 0.1) is 5.82 Å². The fraction of sp³-hybridized carbons (Fsp3) is 0.500. The van der Waals surface area contributed by atoms with Gasteiger partial charge in [-0.3, -0.25) is 0 Å². The molecule has 0 aliphatic carbocycles.